The fraction of sp³-hybridized carbons (Fsp3) is 0.217. The topological polar surface area (TPSA) is 18.5 Å². The normalized spacial score (nSPS) is 12.6. The van der Waals surface area contributed by atoms with Gasteiger partial charge in [0.25, 0.3) is 0 Å². The molecule has 0 aromatic heterocycles. The zero-order chi connectivity index (χ0) is 26.3. The molecule has 0 spiro atoms. The highest BCUT2D eigenvalue weighted by Crippen LogP contribution is 2.56. The third kappa shape index (κ3) is 4.25. The number of hydrogen-bond donors (Lipinski definition) is 0. The summed E-state index contributed by atoms with van der Waals surface area (Å²) in [5, 5.41) is 0. The molecule has 0 unspecified atom stereocenters. The molecular weight excluding hydrogens is 498 g/mol. The Balaban J connectivity index is 2.15. The minimum atomic E-state index is -5.89. The molecule has 0 bridgehead atoms. The Morgan fingerprint density at radius 2 is 0.943 bits per heavy atom. The number of halogens is 10. The van der Waals surface area contributed by atoms with Crippen LogP contribution in [0.3, 0.4) is 0 Å². The SMILES string of the molecule is COc1ccc(C(c2ccc(Oc3c(F)c(F)c(C)c(F)c3F)cc2)(C(F)(F)F)C(F)(F)F)cc1. The van der Waals surface area contributed by atoms with Crippen molar-refractivity contribution in [2.75, 3.05) is 7.11 Å². The Kier molecular flexibility index (Phi) is 6.71. The van der Waals surface area contributed by atoms with E-state index in [0.717, 1.165) is 19.1 Å². The lowest BCUT2D eigenvalue weighted by Gasteiger charge is -2.38. The maximum Gasteiger partial charge on any atom is 0.411 e. The van der Waals surface area contributed by atoms with E-state index in [1.807, 2.05) is 0 Å². The molecule has 35 heavy (non-hydrogen) atoms. The van der Waals surface area contributed by atoms with Crippen molar-refractivity contribution in [3.63, 3.8) is 0 Å². The van der Waals surface area contributed by atoms with Crippen molar-refractivity contribution in [1.82, 2.24) is 0 Å². The van der Waals surface area contributed by atoms with Gasteiger partial charge in [-0.25, -0.2) is 8.78 Å². The van der Waals surface area contributed by atoms with Crippen molar-refractivity contribution in [3.8, 4) is 17.2 Å². The highest BCUT2D eigenvalue weighted by Gasteiger charge is 2.72. The lowest BCUT2D eigenvalue weighted by molar-refractivity contribution is -0.288. The number of hydrogen-bond acceptors (Lipinski definition) is 2. The zero-order valence-electron chi connectivity index (χ0n) is 17.7. The fourth-order valence-corrected chi connectivity index (χ4v) is 3.52. The van der Waals surface area contributed by atoms with Crippen LogP contribution in [0.2, 0.25) is 0 Å². The van der Waals surface area contributed by atoms with Gasteiger partial charge in [0.15, 0.2) is 11.6 Å². The summed E-state index contributed by atoms with van der Waals surface area (Å²) in [6, 6.07) is 4.93. The van der Waals surface area contributed by atoms with Gasteiger partial charge in [-0.1, -0.05) is 24.3 Å². The van der Waals surface area contributed by atoms with E-state index < -0.39 is 69.2 Å². The van der Waals surface area contributed by atoms with E-state index >= 15 is 0 Å². The second-order valence-corrected chi connectivity index (χ2v) is 7.31. The van der Waals surface area contributed by atoms with Gasteiger partial charge in [-0.05, 0) is 42.3 Å². The van der Waals surface area contributed by atoms with Crippen LogP contribution in [0.15, 0.2) is 48.5 Å². The Morgan fingerprint density at radius 3 is 1.29 bits per heavy atom. The summed E-state index contributed by atoms with van der Waals surface area (Å²) >= 11 is 0. The molecule has 0 aliphatic rings. The zero-order valence-corrected chi connectivity index (χ0v) is 17.7. The van der Waals surface area contributed by atoms with Crippen LogP contribution in [0, 0.1) is 30.2 Å². The second kappa shape index (κ2) is 8.97. The standard InChI is InChI=1S/C23H14F10O2/c1-11-16(24)18(26)20(19(27)17(11)25)35-15-9-5-13(6-10-15)21(22(28,29)30,23(31,32)33)12-3-7-14(34-2)8-4-12/h3-10H,1-2H3. The highest BCUT2D eigenvalue weighted by molar-refractivity contribution is 5.48. The van der Waals surface area contributed by atoms with Gasteiger partial charge in [-0.3, -0.25) is 0 Å². The van der Waals surface area contributed by atoms with Crippen molar-refractivity contribution in [3.05, 3.63) is 88.5 Å². The first kappa shape index (κ1) is 26.2. The smallest absolute Gasteiger partial charge is 0.411 e. The van der Waals surface area contributed by atoms with Crippen molar-refractivity contribution in [1.29, 1.82) is 0 Å². The Bertz CT molecular complexity index is 1170. The Labute approximate surface area is 191 Å². The van der Waals surface area contributed by atoms with Crippen LogP contribution in [-0.2, 0) is 5.41 Å². The van der Waals surface area contributed by atoms with E-state index in [-0.39, 0.29) is 5.75 Å². The summed E-state index contributed by atoms with van der Waals surface area (Å²) in [5.41, 5.74) is -7.95. The van der Waals surface area contributed by atoms with Gasteiger partial charge < -0.3 is 9.47 Å². The van der Waals surface area contributed by atoms with Gasteiger partial charge in [-0.2, -0.15) is 35.1 Å². The van der Waals surface area contributed by atoms with E-state index in [4.69, 9.17) is 9.47 Å². The molecule has 0 saturated heterocycles. The number of ether oxygens (including phenoxy) is 2. The molecule has 12 heteroatoms. The number of benzene rings is 3. The van der Waals surface area contributed by atoms with Gasteiger partial charge in [0, 0.05) is 5.56 Å². The lowest BCUT2D eigenvalue weighted by atomic mass is 9.73. The van der Waals surface area contributed by atoms with Gasteiger partial charge in [-0.15, -0.1) is 0 Å². The van der Waals surface area contributed by atoms with Gasteiger partial charge in [0.2, 0.25) is 22.8 Å². The van der Waals surface area contributed by atoms with Gasteiger partial charge >= 0.3 is 12.4 Å². The molecule has 0 fully saturated rings. The molecule has 3 aromatic rings. The largest absolute Gasteiger partial charge is 0.497 e. The molecule has 188 valence electrons. The maximum atomic E-state index is 14.1. The molecule has 0 amide bonds. The first-order valence-corrected chi connectivity index (χ1v) is 9.55. The predicted octanol–water partition coefficient (Wildman–Crippen LogP) is 7.76. The minimum absolute atomic E-state index is 0.0114. The van der Waals surface area contributed by atoms with Crippen molar-refractivity contribution < 1.29 is 53.4 Å². The molecule has 0 radical (unpaired) electrons. The minimum Gasteiger partial charge on any atom is -0.497 e. The molecule has 2 nitrogen and oxygen atoms in total. The average molecular weight is 512 g/mol. The van der Waals surface area contributed by atoms with Crippen LogP contribution in [0.1, 0.15) is 16.7 Å². The lowest BCUT2D eigenvalue weighted by Crippen LogP contribution is -2.54. The molecule has 0 aliphatic heterocycles. The first-order valence-electron chi connectivity index (χ1n) is 9.55. The number of alkyl halides is 6. The maximum absolute atomic E-state index is 14.1. The van der Waals surface area contributed by atoms with Crippen molar-refractivity contribution in [2.24, 2.45) is 0 Å². The summed E-state index contributed by atoms with van der Waals surface area (Å²) in [6.45, 7) is 0.752. The molecule has 0 atom stereocenters. The van der Waals surface area contributed by atoms with Crippen molar-refractivity contribution in [2.45, 2.75) is 24.7 Å². The highest BCUT2D eigenvalue weighted by atomic mass is 19.4. The van der Waals surface area contributed by atoms with Crippen LogP contribution < -0.4 is 9.47 Å². The van der Waals surface area contributed by atoms with E-state index in [0.29, 0.717) is 36.4 Å². The Morgan fingerprint density at radius 1 is 0.571 bits per heavy atom. The Hall–Kier alpha value is -3.44. The number of methoxy groups -OCH3 is 1. The van der Waals surface area contributed by atoms with E-state index in [1.165, 1.54) is 7.11 Å². The van der Waals surface area contributed by atoms with Crippen LogP contribution in [0.25, 0.3) is 0 Å². The summed E-state index contributed by atoms with van der Waals surface area (Å²) in [5.74, 6) is -9.62. The second-order valence-electron chi connectivity index (χ2n) is 7.31. The molecule has 0 saturated carbocycles. The fourth-order valence-electron chi connectivity index (χ4n) is 3.52. The van der Waals surface area contributed by atoms with Gasteiger partial charge in [0.1, 0.15) is 11.5 Å². The van der Waals surface area contributed by atoms with Crippen LogP contribution >= 0.6 is 0 Å². The summed E-state index contributed by atoms with van der Waals surface area (Å²) in [6.07, 6.45) is -11.8. The molecule has 3 rings (SSSR count). The first-order chi connectivity index (χ1) is 16.2. The third-order valence-corrected chi connectivity index (χ3v) is 5.32. The predicted molar refractivity (Wildman–Crippen MR) is 103 cm³/mol. The van der Waals surface area contributed by atoms with E-state index in [1.54, 1.807) is 0 Å². The molecule has 0 aliphatic carbocycles. The summed E-state index contributed by atoms with van der Waals surface area (Å²) < 4.78 is 150. The summed E-state index contributed by atoms with van der Waals surface area (Å²) in [4.78, 5) is 0. The van der Waals surface area contributed by atoms with E-state index in [2.05, 4.69) is 0 Å². The van der Waals surface area contributed by atoms with Crippen LogP contribution in [0.5, 0.6) is 17.2 Å². The van der Waals surface area contributed by atoms with Crippen LogP contribution in [-0.4, -0.2) is 19.5 Å². The summed E-state index contributed by atoms with van der Waals surface area (Å²) in [7, 11) is 1.17. The van der Waals surface area contributed by atoms with Crippen LogP contribution in [0.4, 0.5) is 43.9 Å². The molecule has 0 heterocycles. The monoisotopic (exact) mass is 512 g/mol. The quantitative estimate of drug-likeness (QED) is 0.257. The van der Waals surface area contributed by atoms with Gasteiger partial charge in [0.05, 0.1) is 7.11 Å². The average Bonchev–Trinajstić information content (AvgIpc) is 2.79. The van der Waals surface area contributed by atoms with E-state index in [9.17, 15) is 43.9 Å². The third-order valence-electron chi connectivity index (χ3n) is 5.32. The molecule has 3 aromatic carbocycles. The number of rotatable bonds is 5. The molecular formula is C23H14F10O2. The molecule has 0 N–H and O–H groups in total. The van der Waals surface area contributed by atoms with Crippen molar-refractivity contribution >= 4 is 0 Å².